The van der Waals surface area contributed by atoms with E-state index in [0.29, 0.717) is 30.4 Å². The van der Waals surface area contributed by atoms with Gasteiger partial charge in [-0.25, -0.2) is 8.42 Å². The van der Waals surface area contributed by atoms with Crippen LogP contribution in [0.5, 0.6) is 5.88 Å². The Balaban J connectivity index is 1.80. The average molecular weight is 599 g/mol. The van der Waals surface area contributed by atoms with Gasteiger partial charge in [-0.15, -0.1) is 0 Å². The molecular formula is C33H34N4O5S. The van der Waals surface area contributed by atoms with Crippen molar-refractivity contribution in [3.05, 3.63) is 106 Å². The zero-order valence-electron chi connectivity index (χ0n) is 24.4. The first-order valence-corrected chi connectivity index (χ1v) is 15.6. The van der Waals surface area contributed by atoms with Gasteiger partial charge >= 0.3 is 0 Å². The number of nitriles is 1. The van der Waals surface area contributed by atoms with Gasteiger partial charge in [0.15, 0.2) is 4.90 Å². The Kier molecular flexibility index (Phi) is 9.78. The number of carbonyl (C=O) groups excluding carboxylic acids is 1. The highest BCUT2D eigenvalue weighted by molar-refractivity contribution is 7.91. The van der Waals surface area contributed by atoms with Crippen molar-refractivity contribution in [3.8, 4) is 23.1 Å². The van der Waals surface area contributed by atoms with Gasteiger partial charge < -0.3 is 10.4 Å². The first-order chi connectivity index (χ1) is 20.6. The molecule has 0 fully saturated rings. The maximum Gasteiger partial charge on any atom is 0.277 e. The molecule has 4 rings (SSSR count). The quantitative estimate of drug-likeness (QED) is 0.249. The van der Waals surface area contributed by atoms with Crippen LogP contribution in [-0.4, -0.2) is 36.0 Å². The molecule has 1 amide bonds. The van der Waals surface area contributed by atoms with E-state index >= 15 is 0 Å². The predicted molar refractivity (Wildman–Crippen MR) is 163 cm³/mol. The summed E-state index contributed by atoms with van der Waals surface area (Å²) in [5, 5.41) is 22.9. The van der Waals surface area contributed by atoms with Gasteiger partial charge in [0, 0.05) is 13.5 Å². The molecule has 0 spiro atoms. The third kappa shape index (κ3) is 6.68. The van der Waals surface area contributed by atoms with Crippen LogP contribution < -0.4 is 10.9 Å². The van der Waals surface area contributed by atoms with Gasteiger partial charge in [0.2, 0.25) is 21.6 Å². The van der Waals surface area contributed by atoms with E-state index in [1.165, 1.54) is 16.7 Å². The van der Waals surface area contributed by atoms with E-state index in [4.69, 9.17) is 0 Å². The molecule has 0 aliphatic rings. The molecule has 43 heavy (non-hydrogen) atoms. The van der Waals surface area contributed by atoms with Gasteiger partial charge in [-0.05, 0) is 59.4 Å². The molecule has 4 aromatic rings. The molecule has 222 valence electrons. The minimum Gasteiger partial charge on any atom is -0.492 e. The van der Waals surface area contributed by atoms with Crippen molar-refractivity contribution in [1.82, 2.24) is 14.9 Å². The van der Waals surface area contributed by atoms with E-state index in [1.54, 1.807) is 43.4 Å². The molecule has 1 heterocycles. The Morgan fingerprint density at radius 2 is 1.77 bits per heavy atom. The fourth-order valence-corrected chi connectivity index (χ4v) is 6.42. The number of nitrogens with zero attached hydrogens (tertiary/aromatic N) is 3. The largest absolute Gasteiger partial charge is 0.492 e. The van der Waals surface area contributed by atoms with Crippen LogP contribution in [0.1, 0.15) is 61.7 Å². The normalized spacial score (nSPS) is 12.0. The minimum absolute atomic E-state index is 0.124. The molecule has 1 aromatic heterocycles. The Bertz CT molecular complexity index is 1840. The number of aromatic hydroxyl groups is 1. The van der Waals surface area contributed by atoms with Gasteiger partial charge in [-0.1, -0.05) is 68.8 Å². The van der Waals surface area contributed by atoms with E-state index < -0.39 is 32.2 Å². The lowest BCUT2D eigenvalue weighted by Gasteiger charge is -2.23. The number of aromatic nitrogens is 2. The van der Waals surface area contributed by atoms with Gasteiger partial charge in [-0.2, -0.15) is 10.2 Å². The summed E-state index contributed by atoms with van der Waals surface area (Å²) in [5.41, 5.74) is 2.54. The van der Waals surface area contributed by atoms with E-state index in [9.17, 15) is 28.4 Å². The molecule has 10 heteroatoms. The summed E-state index contributed by atoms with van der Waals surface area (Å²) in [6.07, 6.45) is 2.48. The number of carbonyl (C=O) groups is 1. The monoisotopic (exact) mass is 598 g/mol. The fraction of sp³-hybridized carbons (Fsp3) is 0.273. The third-order valence-electron chi connectivity index (χ3n) is 7.32. The summed E-state index contributed by atoms with van der Waals surface area (Å²) in [6.45, 7) is 3.85. The third-order valence-corrected chi connectivity index (χ3v) is 9.11. The molecule has 9 nitrogen and oxygen atoms in total. The van der Waals surface area contributed by atoms with Crippen molar-refractivity contribution in [2.24, 2.45) is 0 Å². The van der Waals surface area contributed by atoms with E-state index in [2.05, 4.69) is 16.4 Å². The Labute approximate surface area is 251 Å². The Morgan fingerprint density at radius 3 is 2.42 bits per heavy atom. The van der Waals surface area contributed by atoms with Crippen molar-refractivity contribution in [2.45, 2.75) is 61.8 Å². The number of aryl methyl sites for hydroxylation is 1. The number of rotatable bonds is 11. The number of benzene rings is 3. The van der Waals surface area contributed by atoms with E-state index in [1.807, 2.05) is 38.1 Å². The van der Waals surface area contributed by atoms with Crippen molar-refractivity contribution in [2.75, 3.05) is 7.05 Å². The summed E-state index contributed by atoms with van der Waals surface area (Å²) >= 11 is 0. The van der Waals surface area contributed by atoms with Crippen molar-refractivity contribution in [1.29, 1.82) is 5.26 Å². The van der Waals surface area contributed by atoms with Crippen LogP contribution in [-0.2, 0) is 27.5 Å². The van der Waals surface area contributed by atoms with Crippen LogP contribution >= 0.6 is 0 Å². The Hall–Kier alpha value is -4.75. The zero-order chi connectivity index (χ0) is 31.1. The highest BCUT2D eigenvalue weighted by Gasteiger charge is 2.31. The second-order valence-corrected chi connectivity index (χ2v) is 12.1. The first-order valence-electron chi connectivity index (χ1n) is 14.1. The average Bonchev–Trinajstić information content (AvgIpc) is 3.01. The number of unbranched alkanes of at least 4 members (excludes halogenated alkanes) is 1. The minimum atomic E-state index is -4.47. The molecule has 0 saturated carbocycles. The lowest BCUT2D eigenvalue weighted by atomic mass is 10.0. The number of nitrogens with one attached hydrogen (secondary N) is 1. The van der Waals surface area contributed by atoms with Crippen molar-refractivity contribution >= 4 is 15.7 Å². The summed E-state index contributed by atoms with van der Waals surface area (Å²) < 4.78 is 29.1. The van der Waals surface area contributed by atoms with E-state index in [0.717, 1.165) is 23.1 Å². The topological polar surface area (TPSA) is 142 Å². The highest BCUT2D eigenvalue weighted by Crippen LogP contribution is 2.30. The Morgan fingerprint density at radius 1 is 1.05 bits per heavy atom. The molecule has 2 N–H and O–H groups in total. The van der Waals surface area contributed by atoms with Crippen LogP contribution in [0, 0.1) is 11.3 Å². The number of amides is 1. The summed E-state index contributed by atoms with van der Waals surface area (Å²) in [7, 11) is -2.90. The standard InChI is InChI=1S/C33H34N4O5S/c1-4-6-13-29-36-32(39)31(33(40)37(29)28(5-2)26-12-8-10-23(19-26)21-34)43(41,42)27-16-14-24(15-17-27)25-11-7-9-22(18-25)20-30(38)35-3/h7-12,14-19,28,39H,4-6,13,20H2,1-3H3,(H,35,38)/t28-/m0/s1. The highest BCUT2D eigenvalue weighted by atomic mass is 32.2. The van der Waals surface area contributed by atoms with Crippen LogP contribution in [0.4, 0.5) is 0 Å². The zero-order valence-corrected chi connectivity index (χ0v) is 25.2. The van der Waals surface area contributed by atoms with Crippen LogP contribution in [0.25, 0.3) is 11.1 Å². The van der Waals surface area contributed by atoms with Crippen molar-refractivity contribution in [3.63, 3.8) is 0 Å². The summed E-state index contributed by atoms with van der Waals surface area (Å²) in [6, 6.07) is 21.7. The molecule has 3 aromatic carbocycles. The fourth-order valence-electron chi connectivity index (χ4n) is 5.08. The lowest BCUT2D eigenvalue weighted by Crippen LogP contribution is -2.33. The summed E-state index contributed by atoms with van der Waals surface area (Å²) in [5.74, 6) is -0.676. The maximum absolute atomic E-state index is 14.0. The lowest BCUT2D eigenvalue weighted by molar-refractivity contribution is -0.119. The number of likely N-dealkylation sites (N-methyl/N-ethyl adjacent to an activating group) is 1. The molecule has 0 saturated heterocycles. The molecule has 0 aliphatic heterocycles. The smallest absolute Gasteiger partial charge is 0.277 e. The van der Waals surface area contributed by atoms with Crippen LogP contribution in [0.3, 0.4) is 0 Å². The second-order valence-electron chi connectivity index (χ2n) is 10.2. The summed E-state index contributed by atoms with van der Waals surface area (Å²) in [4.78, 5) is 29.1. The van der Waals surface area contributed by atoms with Gasteiger partial charge in [-0.3, -0.25) is 14.2 Å². The number of sulfone groups is 1. The van der Waals surface area contributed by atoms with Crippen molar-refractivity contribution < 1.29 is 18.3 Å². The van der Waals surface area contributed by atoms with Gasteiger partial charge in [0.25, 0.3) is 5.56 Å². The van der Waals surface area contributed by atoms with Crippen LogP contribution in [0.15, 0.2) is 87.4 Å². The number of hydrogen-bond acceptors (Lipinski definition) is 7. The number of hydrogen-bond donors (Lipinski definition) is 2. The maximum atomic E-state index is 14.0. The second kappa shape index (κ2) is 13.5. The van der Waals surface area contributed by atoms with Gasteiger partial charge in [0.1, 0.15) is 5.82 Å². The van der Waals surface area contributed by atoms with Gasteiger partial charge in [0.05, 0.1) is 29.0 Å². The van der Waals surface area contributed by atoms with Crippen LogP contribution in [0.2, 0.25) is 0 Å². The first kappa shape index (κ1) is 31.2. The predicted octanol–water partition coefficient (Wildman–Crippen LogP) is 4.95. The molecule has 1 atom stereocenters. The molecule has 0 bridgehead atoms. The molecule has 0 unspecified atom stereocenters. The molecule has 0 radical (unpaired) electrons. The molecule has 0 aliphatic carbocycles. The SMILES string of the molecule is CCCCc1nc(O)c(S(=O)(=O)c2ccc(-c3cccc(CC(=O)NC)c3)cc2)c(=O)n1[C@@H](CC)c1cccc(C#N)c1. The molecular weight excluding hydrogens is 564 g/mol. The van der Waals surface area contributed by atoms with E-state index in [-0.39, 0.29) is 23.0 Å².